The van der Waals surface area contributed by atoms with E-state index in [1.807, 2.05) is 4.90 Å². The molecule has 116 valence electrons. The highest BCUT2D eigenvalue weighted by Crippen LogP contribution is 2.50. The lowest BCUT2D eigenvalue weighted by Gasteiger charge is -2.26. The highest BCUT2D eigenvalue weighted by molar-refractivity contribution is 5.91. The molecule has 1 heterocycles. The second-order valence-electron chi connectivity index (χ2n) is 6.58. The monoisotopic (exact) mass is 312 g/mol. The van der Waals surface area contributed by atoms with Gasteiger partial charge in [0.2, 0.25) is 5.91 Å². The van der Waals surface area contributed by atoms with Gasteiger partial charge in [-0.2, -0.15) is 0 Å². The van der Waals surface area contributed by atoms with Crippen LogP contribution >= 0.6 is 12.4 Å². The summed E-state index contributed by atoms with van der Waals surface area (Å²) in [6, 6.07) is 6.38. The van der Waals surface area contributed by atoms with E-state index in [9.17, 15) is 9.18 Å². The second kappa shape index (κ2) is 5.58. The molecule has 1 aromatic rings. The van der Waals surface area contributed by atoms with Crippen LogP contribution in [0.25, 0.3) is 0 Å². The summed E-state index contributed by atoms with van der Waals surface area (Å²) in [7, 11) is 0. The fraction of sp³-hybridized carbons (Fsp3) is 0.562. The van der Waals surface area contributed by atoms with E-state index in [1.165, 1.54) is 12.1 Å². The Bertz CT molecular complexity index is 530. The van der Waals surface area contributed by atoms with Gasteiger partial charge in [-0.3, -0.25) is 4.79 Å². The standard InChI is InChI=1S/C16H21FN2O.ClH/c1-15(10-18)8-9-19(11-15)14(20)16(6-7-16)12-2-4-13(17)5-3-12;/h2-5H,6-11,18H2,1H3;1H. The molecule has 1 aliphatic heterocycles. The highest BCUT2D eigenvalue weighted by Gasteiger charge is 2.54. The molecule has 1 saturated carbocycles. The SMILES string of the molecule is CC1(CN)CCN(C(=O)C2(c3ccc(F)cc3)CC2)C1.Cl. The van der Waals surface area contributed by atoms with Crippen LogP contribution in [-0.4, -0.2) is 30.4 Å². The fourth-order valence-electron chi connectivity index (χ4n) is 3.19. The number of likely N-dealkylation sites (tertiary alicyclic amines) is 1. The highest BCUT2D eigenvalue weighted by atomic mass is 35.5. The van der Waals surface area contributed by atoms with Crippen molar-refractivity contribution in [3.8, 4) is 0 Å². The lowest BCUT2D eigenvalue weighted by Crippen LogP contribution is -2.40. The second-order valence-corrected chi connectivity index (χ2v) is 6.58. The number of amides is 1. The van der Waals surface area contributed by atoms with Crippen LogP contribution in [0.15, 0.2) is 24.3 Å². The number of hydrogen-bond donors (Lipinski definition) is 1. The quantitative estimate of drug-likeness (QED) is 0.932. The molecule has 1 atom stereocenters. The number of rotatable bonds is 3. The number of nitrogens with two attached hydrogens (primary N) is 1. The smallest absolute Gasteiger partial charge is 0.233 e. The number of halogens is 2. The van der Waals surface area contributed by atoms with Crippen LogP contribution < -0.4 is 5.73 Å². The molecule has 1 amide bonds. The Labute approximate surface area is 131 Å². The van der Waals surface area contributed by atoms with E-state index in [0.29, 0.717) is 6.54 Å². The van der Waals surface area contributed by atoms with Crippen molar-refractivity contribution in [3.05, 3.63) is 35.6 Å². The van der Waals surface area contributed by atoms with Crippen LogP contribution in [0, 0.1) is 11.2 Å². The molecule has 3 nitrogen and oxygen atoms in total. The van der Waals surface area contributed by atoms with Crippen LogP contribution in [-0.2, 0) is 10.2 Å². The van der Waals surface area contributed by atoms with Crippen molar-refractivity contribution in [2.24, 2.45) is 11.1 Å². The third-order valence-corrected chi connectivity index (χ3v) is 4.89. The van der Waals surface area contributed by atoms with E-state index in [1.54, 1.807) is 12.1 Å². The minimum absolute atomic E-state index is 0. The zero-order valence-electron chi connectivity index (χ0n) is 12.3. The van der Waals surface area contributed by atoms with Crippen LogP contribution in [0.1, 0.15) is 31.7 Å². The summed E-state index contributed by atoms with van der Waals surface area (Å²) >= 11 is 0. The molecule has 1 aliphatic carbocycles. The maximum absolute atomic E-state index is 13.0. The topological polar surface area (TPSA) is 46.3 Å². The van der Waals surface area contributed by atoms with E-state index in [4.69, 9.17) is 5.73 Å². The van der Waals surface area contributed by atoms with Crippen molar-refractivity contribution in [1.82, 2.24) is 4.90 Å². The van der Waals surface area contributed by atoms with E-state index >= 15 is 0 Å². The molecule has 0 aromatic heterocycles. The molecule has 0 radical (unpaired) electrons. The van der Waals surface area contributed by atoms with Gasteiger partial charge < -0.3 is 10.6 Å². The van der Waals surface area contributed by atoms with Gasteiger partial charge in [0.15, 0.2) is 0 Å². The number of carbonyl (C=O) groups is 1. The minimum atomic E-state index is -0.395. The molecule has 3 rings (SSSR count). The number of nitrogens with zero attached hydrogens (tertiary/aromatic N) is 1. The average molecular weight is 313 g/mol. The van der Waals surface area contributed by atoms with Crippen LogP contribution in [0.4, 0.5) is 4.39 Å². The van der Waals surface area contributed by atoms with Crippen molar-refractivity contribution >= 4 is 18.3 Å². The molecule has 2 aliphatic rings. The summed E-state index contributed by atoms with van der Waals surface area (Å²) in [6.07, 6.45) is 2.70. The van der Waals surface area contributed by atoms with Crippen molar-refractivity contribution in [2.45, 2.75) is 31.6 Å². The molecule has 2 fully saturated rings. The molecule has 1 aromatic carbocycles. The van der Waals surface area contributed by atoms with Gasteiger partial charge in [-0.25, -0.2) is 4.39 Å². The summed E-state index contributed by atoms with van der Waals surface area (Å²) in [4.78, 5) is 14.8. The van der Waals surface area contributed by atoms with Gasteiger partial charge in [0.05, 0.1) is 5.41 Å². The predicted octanol–water partition coefficient (Wildman–Crippen LogP) is 2.48. The molecule has 0 spiro atoms. The zero-order valence-corrected chi connectivity index (χ0v) is 13.1. The van der Waals surface area contributed by atoms with Crippen molar-refractivity contribution in [3.63, 3.8) is 0 Å². The van der Waals surface area contributed by atoms with E-state index in [0.717, 1.165) is 37.9 Å². The Morgan fingerprint density at radius 1 is 1.29 bits per heavy atom. The molecule has 2 N–H and O–H groups in total. The Kier molecular flexibility index (Phi) is 4.31. The lowest BCUT2D eigenvalue weighted by molar-refractivity contribution is -0.133. The predicted molar refractivity (Wildman–Crippen MR) is 82.9 cm³/mol. The van der Waals surface area contributed by atoms with Crippen LogP contribution in [0.2, 0.25) is 0 Å². The summed E-state index contributed by atoms with van der Waals surface area (Å²) in [5.74, 6) is -0.0600. The Morgan fingerprint density at radius 3 is 2.38 bits per heavy atom. The minimum Gasteiger partial charge on any atom is -0.341 e. The summed E-state index contributed by atoms with van der Waals surface area (Å²) < 4.78 is 13.0. The largest absolute Gasteiger partial charge is 0.341 e. The first-order valence-corrected chi connectivity index (χ1v) is 7.25. The Morgan fingerprint density at radius 2 is 1.90 bits per heavy atom. The zero-order chi connectivity index (χ0) is 14.4. The Balaban J connectivity index is 0.00000161. The summed E-state index contributed by atoms with van der Waals surface area (Å²) in [5.41, 5.74) is 6.41. The van der Waals surface area contributed by atoms with Gasteiger partial charge in [-0.15, -0.1) is 12.4 Å². The number of carbonyl (C=O) groups excluding carboxylic acids is 1. The molecular weight excluding hydrogens is 291 g/mol. The first-order valence-electron chi connectivity index (χ1n) is 7.25. The van der Waals surface area contributed by atoms with Gasteiger partial charge in [0.25, 0.3) is 0 Å². The lowest BCUT2D eigenvalue weighted by atomic mass is 9.90. The molecule has 0 bridgehead atoms. The third-order valence-electron chi connectivity index (χ3n) is 4.89. The van der Waals surface area contributed by atoms with Gasteiger partial charge in [0, 0.05) is 13.1 Å². The van der Waals surface area contributed by atoms with Gasteiger partial charge in [-0.05, 0) is 48.9 Å². The molecule has 5 heteroatoms. The van der Waals surface area contributed by atoms with Gasteiger partial charge in [0.1, 0.15) is 5.82 Å². The average Bonchev–Trinajstić information content (AvgIpc) is 3.17. The maximum Gasteiger partial charge on any atom is 0.233 e. The fourth-order valence-corrected chi connectivity index (χ4v) is 3.19. The third kappa shape index (κ3) is 2.79. The molecule has 21 heavy (non-hydrogen) atoms. The Hall–Kier alpha value is -1.13. The maximum atomic E-state index is 13.0. The van der Waals surface area contributed by atoms with Gasteiger partial charge >= 0.3 is 0 Å². The number of benzene rings is 1. The van der Waals surface area contributed by atoms with E-state index < -0.39 is 5.41 Å². The van der Waals surface area contributed by atoms with Crippen molar-refractivity contribution in [2.75, 3.05) is 19.6 Å². The first kappa shape index (κ1) is 16.2. The normalized spacial score (nSPS) is 26.3. The van der Waals surface area contributed by atoms with Crippen molar-refractivity contribution in [1.29, 1.82) is 0 Å². The molecule has 1 unspecified atom stereocenters. The van der Waals surface area contributed by atoms with Crippen LogP contribution in [0.3, 0.4) is 0 Å². The van der Waals surface area contributed by atoms with Gasteiger partial charge in [-0.1, -0.05) is 19.1 Å². The van der Waals surface area contributed by atoms with Crippen molar-refractivity contribution < 1.29 is 9.18 Å². The van der Waals surface area contributed by atoms with E-state index in [-0.39, 0.29) is 29.5 Å². The number of hydrogen-bond acceptors (Lipinski definition) is 2. The molecule has 1 saturated heterocycles. The first-order chi connectivity index (χ1) is 9.49. The summed E-state index contributed by atoms with van der Waals surface area (Å²) in [5, 5.41) is 0. The van der Waals surface area contributed by atoms with Crippen LogP contribution in [0.5, 0.6) is 0 Å². The summed E-state index contributed by atoms with van der Waals surface area (Å²) in [6.45, 7) is 4.28. The van der Waals surface area contributed by atoms with E-state index in [2.05, 4.69) is 6.92 Å². The molecular formula is C16H22ClFN2O.